The summed E-state index contributed by atoms with van der Waals surface area (Å²) in [6.07, 6.45) is 0.249. The molecule has 5 heteroatoms. The molecule has 0 saturated heterocycles. The highest BCUT2D eigenvalue weighted by molar-refractivity contribution is 9.10. The predicted molar refractivity (Wildman–Crippen MR) is 109 cm³/mol. The van der Waals surface area contributed by atoms with E-state index in [2.05, 4.69) is 35.1 Å². The number of carbonyl (C=O) groups excluding carboxylic acids is 1. The zero-order valence-electron chi connectivity index (χ0n) is 15.8. The van der Waals surface area contributed by atoms with Crippen LogP contribution in [0.3, 0.4) is 0 Å². The minimum atomic E-state index is -0.0644. The van der Waals surface area contributed by atoms with Gasteiger partial charge in [0.15, 0.2) is 11.5 Å². The molecule has 4 nitrogen and oxygen atoms in total. The van der Waals surface area contributed by atoms with E-state index in [9.17, 15) is 4.79 Å². The molecule has 0 atom stereocenters. The number of carbonyl (C=O) groups is 1. The van der Waals surface area contributed by atoms with Crippen molar-refractivity contribution in [1.82, 2.24) is 0 Å². The van der Waals surface area contributed by atoms with Crippen LogP contribution in [0.4, 0.5) is 5.69 Å². The van der Waals surface area contributed by atoms with Gasteiger partial charge in [-0.25, -0.2) is 0 Å². The largest absolute Gasteiger partial charge is 0.490 e. The minimum absolute atomic E-state index is 0.0644. The molecular formula is C21H26BrNO3. The highest BCUT2D eigenvalue weighted by Gasteiger charge is 2.15. The fourth-order valence-corrected chi connectivity index (χ4v) is 3.19. The van der Waals surface area contributed by atoms with Crippen LogP contribution in [0.15, 0.2) is 40.9 Å². The van der Waals surface area contributed by atoms with Gasteiger partial charge in [0.1, 0.15) is 0 Å². The van der Waals surface area contributed by atoms with Crippen molar-refractivity contribution in [2.24, 2.45) is 0 Å². The molecule has 0 saturated carbocycles. The van der Waals surface area contributed by atoms with Crippen molar-refractivity contribution >= 4 is 27.5 Å². The van der Waals surface area contributed by atoms with Gasteiger partial charge in [-0.3, -0.25) is 4.79 Å². The van der Waals surface area contributed by atoms with Crippen molar-refractivity contribution in [3.05, 3.63) is 52.0 Å². The Morgan fingerprint density at radius 3 is 2.31 bits per heavy atom. The molecule has 0 aliphatic rings. The zero-order valence-corrected chi connectivity index (χ0v) is 17.4. The van der Waals surface area contributed by atoms with E-state index >= 15 is 0 Å². The van der Waals surface area contributed by atoms with E-state index in [1.54, 1.807) is 0 Å². The molecule has 1 N–H and O–H groups in total. The summed E-state index contributed by atoms with van der Waals surface area (Å²) in [4.78, 5) is 12.6. The fraction of sp³-hybridized carbons (Fsp3) is 0.381. The first-order valence-corrected chi connectivity index (χ1v) is 9.72. The van der Waals surface area contributed by atoms with Crippen LogP contribution < -0.4 is 14.8 Å². The molecule has 0 fully saturated rings. The quantitative estimate of drug-likeness (QED) is 0.609. The molecule has 0 aliphatic carbocycles. The van der Waals surface area contributed by atoms with Gasteiger partial charge in [0.05, 0.1) is 19.6 Å². The lowest BCUT2D eigenvalue weighted by Crippen LogP contribution is -2.16. The summed E-state index contributed by atoms with van der Waals surface area (Å²) in [5.41, 5.74) is 2.85. The molecule has 1 amide bonds. The second-order valence-corrected chi connectivity index (χ2v) is 7.08. The number of hydrogen-bond acceptors (Lipinski definition) is 3. The van der Waals surface area contributed by atoms with Crippen molar-refractivity contribution in [3.8, 4) is 11.5 Å². The standard InChI is InChI=1S/C21H26BrNO3/c1-5-25-19-11-15(17(22)13-20(19)26-6-2)12-21(24)23-18-10-8-7-9-16(18)14(3)4/h7-11,13-14H,5-6,12H2,1-4H3,(H,23,24). The summed E-state index contributed by atoms with van der Waals surface area (Å²) in [6, 6.07) is 11.6. The Morgan fingerprint density at radius 1 is 1.08 bits per heavy atom. The number of para-hydroxylation sites is 1. The number of anilines is 1. The van der Waals surface area contributed by atoms with E-state index in [-0.39, 0.29) is 12.3 Å². The number of halogens is 1. The van der Waals surface area contributed by atoms with E-state index in [1.807, 2.05) is 50.2 Å². The number of rotatable bonds is 8. The molecule has 26 heavy (non-hydrogen) atoms. The number of benzene rings is 2. The summed E-state index contributed by atoms with van der Waals surface area (Å²) in [5.74, 6) is 1.61. The van der Waals surface area contributed by atoms with Crippen LogP contribution >= 0.6 is 15.9 Å². The van der Waals surface area contributed by atoms with Crippen molar-refractivity contribution in [2.75, 3.05) is 18.5 Å². The van der Waals surface area contributed by atoms with Crippen LogP contribution in [0.5, 0.6) is 11.5 Å². The number of ether oxygens (including phenoxy) is 2. The number of hydrogen-bond donors (Lipinski definition) is 1. The van der Waals surface area contributed by atoms with Crippen LogP contribution in [-0.4, -0.2) is 19.1 Å². The predicted octanol–water partition coefficient (Wildman–Crippen LogP) is 5.55. The van der Waals surface area contributed by atoms with Gasteiger partial charge in [-0.05, 0) is 49.1 Å². The maximum atomic E-state index is 12.6. The Kier molecular flexibility index (Phi) is 7.51. The number of nitrogens with one attached hydrogen (secondary N) is 1. The topological polar surface area (TPSA) is 47.6 Å². The molecule has 0 unspecified atom stereocenters. The Labute approximate surface area is 164 Å². The Hall–Kier alpha value is -2.01. The van der Waals surface area contributed by atoms with E-state index < -0.39 is 0 Å². The van der Waals surface area contributed by atoms with Crippen LogP contribution in [-0.2, 0) is 11.2 Å². The summed E-state index contributed by atoms with van der Waals surface area (Å²) in [7, 11) is 0. The minimum Gasteiger partial charge on any atom is -0.490 e. The summed E-state index contributed by atoms with van der Waals surface area (Å²) in [5, 5.41) is 3.03. The molecule has 0 heterocycles. The van der Waals surface area contributed by atoms with Gasteiger partial charge in [-0.1, -0.05) is 48.0 Å². The maximum Gasteiger partial charge on any atom is 0.228 e. The van der Waals surface area contributed by atoms with Gasteiger partial charge in [-0.15, -0.1) is 0 Å². The fourth-order valence-electron chi connectivity index (χ4n) is 2.73. The average Bonchev–Trinajstić information content (AvgIpc) is 2.59. The highest BCUT2D eigenvalue weighted by Crippen LogP contribution is 2.34. The zero-order chi connectivity index (χ0) is 19.1. The van der Waals surface area contributed by atoms with Crippen LogP contribution in [0.2, 0.25) is 0 Å². The Balaban J connectivity index is 2.20. The SMILES string of the molecule is CCOc1cc(Br)c(CC(=O)Nc2ccccc2C(C)C)cc1OCC. The Morgan fingerprint density at radius 2 is 1.69 bits per heavy atom. The summed E-state index contributed by atoms with van der Waals surface area (Å²) in [6.45, 7) is 9.17. The van der Waals surface area contributed by atoms with Crippen LogP contribution in [0.1, 0.15) is 44.7 Å². The lowest BCUT2D eigenvalue weighted by Gasteiger charge is -2.16. The average molecular weight is 420 g/mol. The van der Waals surface area contributed by atoms with Gasteiger partial charge in [0.25, 0.3) is 0 Å². The normalized spacial score (nSPS) is 10.7. The second-order valence-electron chi connectivity index (χ2n) is 6.22. The van der Waals surface area contributed by atoms with E-state index in [4.69, 9.17) is 9.47 Å². The van der Waals surface area contributed by atoms with Gasteiger partial charge in [-0.2, -0.15) is 0 Å². The molecule has 0 aliphatic heterocycles. The van der Waals surface area contributed by atoms with Crippen molar-refractivity contribution in [3.63, 3.8) is 0 Å². The van der Waals surface area contributed by atoms with Crippen LogP contribution in [0.25, 0.3) is 0 Å². The second kappa shape index (κ2) is 9.62. The summed E-state index contributed by atoms with van der Waals surface area (Å²) >= 11 is 3.54. The van der Waals surface area contributed by atoms with Gasteiger partial charge in [0.2, 0.25) is 5.91 Å². The molecule has 2 rings (SSSR count). The molecule has 2 aromatic carbocycles. The monoisotopic (exact) mass is 419 g/mol. The van der Waals surface area contributed by atoms with E-state index in [1.165, 1.54) is 0 Å². The maximum absolute atomic E-state index is 12.6. The van der Waals surface area contributed by atoms with Gasteiger partial charge >= 0.3 is 0 Å². The van der Waals surface area contributed by atoms with Crippen molar-refractivity contribution in [1.29, 1.82) is 0 Å². The first-order chi connectivity index (χ1) is 12.5. The van der Waals surface area contributed by atoms with E-state index in [0.717, 1.165) is 21.3 Å². The third-order valence-electron chi connectivity index (χ3n) is 3.92. The third-order valence-corrected chi connectivity index (χ3v) is 4.66. The van der Waals surface area contributed by atoms with Crippen LogP contribution in [0, 0.1) is 0 Å². The molecular weight excluding hydrogens is 394 g/mol. The van der Waals surface area contributed by atoms with Crippen molar-refractivity contribution in [2.45, 2.75) is 40.0 Å². The molecule has 0 radical (unpaired) electrons. The lowest BCUT2D eigenvalue weighted by molar-refractivity contribution is -0.115. The molecule has 0 spiro atoms. The first-order valence-electron chi connectivity index (χ1n) is 8.93. The molecule has 2 aromatic rings. The lowest BCUT2D eigenvalue weighted by atomic mass is 10.0. The summed E-state index contributed by atoms with van der Waals surface area (Å²) < 4.78 is 12.1. The smallest absolute Gasteiger partial charge is 0.228 e. The van der Waals surface area contributed by atoms with Gasteiger partial charge < -0.3 is 14.8 Å². The van der Waals surface area contributed by atoms with E-state index in [0.29, 0.717) is 30.6 Å². The highest BCUT2D eigenvalue weighted by atomic mass is 79.9. The first kappa shape index (κ1) is 20.3. The third kappa shape index (κ3) is 5.24. The van der Waals surface area contributed by atoms with Gasteiger partial charge in [0, 0.05) is 10.2 Å². The Bertz CT molecular complexity index is 759. The van der Waals surface area contributed by atoms with Crippen molar-refractivity contribution < 1.29 is 14.3 Å². The molecule has 0 aromatic heterocycles. The number of amides is 1. The molecule has 140 valence electrons. The molecule has 0 bridgehead atoms.